The number of carbonyl (C=O) groups is 1. The second-order valence-electron chi connectivity index (χ2n) is 0.567. The quantitative estimate of drug-likeness (QED) is 0.524. The molecular weight excluding hydrogens is 163 g/mol. The molecule has 0 saturated carbocycles. The van der Waals surface area contributed by atoms with Gasteiger partial charge >= 0.3 is 42.1 Å². The molecule has 0 aliphatic carbocycles. The van der Waals surface area contributed by atoms with Gasteiger partial charge < -0.3 is 0 Å². The third-order valence-corrected chi connectivity index (χ3v) is 2.84. The molecule has 1 N–H and O–H groups in total. The minimum atomic E-state index is -1.10. The summed E-state index contributed by atoms with van der Waals surface area (Å²) in [5.74, 6) is 0. The third-order valence-electron chi connectivity index (χ3n) is 0.182. The Hall–Kier alpha value is 0.0453. The summed E-state index contributed by atoms with van der Waals surface area (Å²) >= 11 is -1.10. The Morgan fingerprint density at radius 1 is 1.83 bits per heavy atom. The van der Waals surface area contributed by atoms with Gasteiger partial charge in [0.25, 0.3) is 0 Å². The summed E-state index contributed by atoms with van der Waals surface area (Å²) < 4.78 is 8.64. The first-order valence-corrected chi connectivity index (χ1v) is 6.93. The summed E-state index contributed by atoms with van der Waals surface area (Å²) in [4.78, 5) is 9.48. The zero-order valence-corrected chi connectivity index (χ0v) is 6.09. The van der Waals surface area contributed by atoms with Gasteiger partial charge in [0.15, 0.2) is 0 Å². The Bertz CT molecular complexity index is 71.2. The number of rotatable bonds is 2. The van der Waals surface area contributed by atoms with Crippen LogP contribution in [0.25, 0.3) is 0 Å². The Morgan fingerprint density at radius 2 is 2.33 bits per heavy atom. The maximum atomic E-state index is 9.50. The molecule has 0 aliphatic heterocycles. The molecule has 0 aliphatic rings. The maximum absolute atomic E-state index is 9.50. The fourth-order valence-electron chi connectivity index (χ4n) is 0.0504. The first kappa shape index (κ1) is 6.05. The molecule has 0 bridgehead atoms. The van der Waals surface area contributed by atoms with Crippen molar-refractivity contribution in [3.63, 3.8) is 0 Å². The Morgan fingerprint density at radius 3 is 2.33 bits per heavy atom. The molecule has 5 heteroatoms. The Kier molecular flexibility index (Phi) is 3.27. The molecule has 0 amide bonds. The number of hydrogen-bond donors (Lipinski definition) is 1. The second-order valence-corrected chi connectivity index (χ2v) is 5.29. The first-order valence-electron chi connectivity index (χ1n) is 1.20. The van der Waals surface area contributed by atoms with Gasteiger partial charge in [-0.15, -0.1) is 0 Å². The predicted molar refractivity (Wildman–Crippen MR) is 23.0 cm³/mol. The van der Waals surface area contributed by atoms with Gasteiger partial charge in [0.1, 0.15) is 0 Å². The van der Waals surface area contributed by atoms with Gasteiger partial charge in [-0.3, -0.25) is 0 Å². The van der Waals surface area contributed by atoms with Crippen LogP contribution in [0, 0.1) is 0 Å². The summed E-state index contributed by atoms with van der Waals surface area (Å²) in [6.45, 7) is 0. The fourth-order valence-corrected chi connectivity index (χ4v) is 0.786. The molecule has 0 saturated heterocycles. The summed E-state index contributed by atoms with van der Waals surface area (Å²) in [6.07, 6.45) is 0. The van der Waals surface area contributed by atoms with Crippen molar-refractivity contribution in [1.29, 1.82) is 0 Å². The molecule has 0 radical (unpaired) electrons. The van der Waals surface area contributed by atoms with Gasteiger partial charge in [0, 0.05) is 0 Å². The average molecular weight is 166 g/mol. The van der Waals surface area contributed by atoms with Gasteiger partial charge in [-0.1, -0.05) is 0 Å². The van der Waals surface area contributed by atoms with Crippen molar-refractivity contribution in [2.75, 3.05) is 0 Å². The van der Waals surface area contributed by atoms with Gasteiger partial charge in [0.05, 0.1) is 0 Å². The molecule has 1 unspecified atom stereocenters. The summed E-state index contributed by atoms with van der Waals surface area (Å²) in [7, 11) is -0.972. The number of carboxylic acid groups (broad SMARTS) is 1. The molecule has 3 nitrogen and oxygen atoms in total. The standard InChI is InChI=1S/CH3AsO3Si/c3-1(4)2-6-5/h2,6H,(H,3,4). The predicted octanol–water partition coefficient (Wildman–Crippen LogP) is -1.20. The molecule has 0 aromatic heterocycles. The van der Waals surface area contributed by atoms with E-state index in [0.717, 1.165) is 0 Å². The van der Waals surface area contributed by atoms with Gasteiger partial charge in [-0.05, 0) is 0 Å². The normalized spacial score (nSPS) is 9.33. The van der Waals surface area contributed by atoms with Gasteiger partial charge in [-0.25, -0.2) is 0 Å². The molecule has 0 rings (SSSR count). The van der Waals surface area contributed by atoms with Crippen LogP contribution in [0.15, 0.2) is 0 Å². The fraction of sp³-hybridized carbons (Fsp3) is 0. The number of hydrogen-bond acceptors (Lipinski definition) is 2. The molecule has 0 heterocycles. The van der Waals surface area contributed by atoms with Crippen LogP contribution in [0.5, 0.6) is 0 Å². The Balaban J connectivity index is 3.05. The molecule has 34 valence electrons. The van der Waals surface area contributed by atoms with Crippen LogP contribution >= 0.6 is 0 Å². The van der Waals surface area contributed by atoms with Crippen LogP contribution in [0.1, 0.15) is 0 Å². The zero-order chi connectivity index (χ0) is 4.99. The van der Waals surface area contributed by atoms with Gasteiger partial charge in [-0.2, -0.15) is 0 Å². The van der Waals surface area contributed by atoms with Crippen LogP contribution in [-0.4, -0.2) is 32.8 Å². The van der Waals surface area contributed by atoms with E-state index < -0.39 is 27.7 Å². The van der Waals surface area contributed by atoms with Crippen LogP contribution < -0.4 is 0 Å². The molecule has 0 fully saturated rings. The molecule has 6 heavy (non-hydrogen) atoms. The third kappa shape index (κ3) is 4.05. The van der Waals surface area contributed by atoms with Crippen molar-refractivity contribution in [2.45, 2.75) is 0 Å². The van der Waals surface area contributed by atoms with E-state index >= 15 is 0 Å². The monoisotopic (exact) mass is 166 g/mol. The van der Waals surface area contributed by atoms with Gasteiger partial charge in [0.2, 0.25) is 0 Å². The molecule has 0 aromatic rings. The zero-order valence-electron chi connectivity index (χ0n) is 2.84. The summed E-state index contributed by atoms with van der Waals surface area (Å²) in [5, 5.41) is 7.79. The van der Waals surface area contributed by atoms with E-state index in [1.807, 2.05) is 0 Å². The van der Waals surface area contributed by atoms with Crippen molar-refractivity contribution < 1.29 is 14.4 Å². The van der Waals surface area contributed by atoms with Crippen LogP contribution in [0.2, 0.25) is 0 Å². The van der Waals surface area contributed by atoms with E-state index in [-0.39, 0.29) is 0 Å². The van der Waals surface area contributed by atoms with E-state index in [0.29, 0.717) is 0 Å². The molecular formula is CH3AsO3Si. The van der Waals surface area contributed by atoms with Crippen molar-refractivity contribution in [1.82, 2.24) is 0 Å². The summed E-state index contributed by atoms with van der Waals surface area (Å²) in [6, 6.07) is 0. The van der Waals surface area contributed by atoms with Crippen molar-refractivity contribution >= 4 is 27.7 Å². The van der Waals surface area contributed by atoms with E-state index in [4.69, 9.17) is 5.11 Å². The van der Waals surface area contributed by atoms with Crippen molar-refractivity contribution in [2.24, 2.45) is 0 Å². The topological polar surface area (TPSA) is 54.4 Å². The van der Waals surface area contributed by atoms with E-state index in [9.17, 15) is 9.26 Å². The minimum absolute atomic E-state index is 0.861. The Labute approximate surface area is 42.7 Å². The van der Waals surface area contributed by atoms with E-state index in [2.05, 4.69) is 0 Å². The van der Waals surface area contributed by atoms with Crippen LogP contribution in [0.4, 0.5) is 4.79 Å². The average Bonchev–Trinajstić information content (AvgIpc) is 1.35. The van der Waals surface area contributed by atoms with Crippen LogP contribution in [-0.2, 0) is 4.46 Å². The first-order chi connectivity index (χ1) is 2.77. The van der Waals surface area contributed by atoms with E-state index in [1.165, 1.54) is 0 Å². The molecule has 1 atom stereocenters. The van der Waals surface area contributed by atoms with Crippen molar-refractivity contribution in [3.05, 3.63) is 0 Å². The van der Waals surface area contributed by atoms with Crippen molar-refractivity contribution in [3.8, 4) is 0 Å². The van der Waals surface area contributed by atoms with E-state index in [1.54, 1.807) is 0 Å². The second kappa shape index (κ2) is 3.24. The molecule has 0 spiro atoms. The summed E-state index contributed by atoms with van der Waals surface area (Å²) in [5.41, 5.74) is 0. The molecule has 0 aromatic carbocycles. The van der Waals surface area contributed by atoms with Crippen LogP contribution in [0.3, 0.4) is 0 Å². The SMILES string of the molecule is O=[SiH][AsH]C(=O)O.